The number of nitrogens with zero attached hydrogens (tertiary/aromatic N) is 4. The molecule has 0 spiro atoms. The third-order valence-corrected chi connectivity index (χ3v) is 7.30. The number of hydrogen-bond donors (Lipinski definition) is 0. The van der Waals surface area contributed by atoms with Crippen LogP contribution >= 0.6 is 0 Å². The van der Waals surface area contributed by atoms with Gasteiger partial charge in [0.05, 0.1) is 25.1 Å². The van der Waals surface area contributed by atoms with Crippen molar-refractivity contribution in [2.45, 2.75) is 63.2 Å². The first kappa shape index (κ1) is 21.3. The van der Waals surface area contributed by atoms with E-state index in [1.165, 1.54) is 54.5 Å². The summed E-state index contributed by atoms with van der Waals surface area (Å²) in [6.07, 6.45) is 10.3. The lowest BCUT2D eigenvalue weighted by molar-refractivity contribution is 0.129. The van der Waals surface area contributed by atoms with E-state index in [1.54, 1.807) is 7.11 Å². The zero-order valence-corrected chi connectivity index (χ0v) is 19.2. The van der Waals surface area contributed by atoms with Crippen molar-refractivity contribution in [2.24, 2.45) is 15.4 Å². The van der Waals surface area contributed by atoms with Crippen LogP contribution in [0.4, 0.5) is 0 Å². The fourth-order valence-electron chi connectivity index (χ4n) is 5.80. The van der Waals surface area contributed by atoms with Crippen molar-refractivity contribution in [1.82, 2.24) is 4.98 Å². The standard InChI is InChI=1S/C26H32N4O2/c1-31-17-26(13-6-7-14-26)25-24(22-16-27-30-29-22)23(18-9-8-10-19(15-18)32-2)20-11-4-3-5-12-21(20)28-25/h8-10,15H,3-7,11-14,16-17H2,1-2H3. The van der Waals surface area contributed by atoms with Crippen molar-refractivity contribution >= 4 is 5.71 Å². The topological polar surface area (TPSA) is 68.4 Å². The minimum atomic E-state index is -0.0792. The maximum atomic E-state index is 5.81. The first-order chi connectivity index (χ1) is 15.8. The molecular weight excluding hydrogens is 400 g/mol. The van der Waals surface area contributed by atoms with Crippen LogP contribution in [0, 0.1) is 0 Å². The van der Waals surface area contributed by atoms with E-state index in [2.05, 4.69) is 33.6 Å². The summed E-state index contributed by atoms with van der Waals surface area (Å²) < 4.78 is 11.4. The predicted octanol–water partition coefficient (Wildman–Crippen LogP) is 5.65. The van der Waals surface area contributed by atoms with Gasteiger partial charge in [-0.25, -0.2) is 0 Å². The summed E-state index contributed by atoms with van der Waals surface area (Å²) in [6, 6.07) is 8.42. The van der Waals surface area contributed by atoms with Crippen LogP contribution in [0.1, 0.15) is 67.5 Å². The second-order valence-electron chi connectivity index (χ2n) is 9.28. The molecular formula is C26H32N4O2. The molecule has 1 aliphatic heterocycles. The molecule has 0 radical (unpaired) electrons. The molecule has 0 bridgehead atoms. The van der Waals surface area contributed by atoms with Crippen LogP contribution in [0.5, 0.6) is 5.75 Å². The van der Waals surface area contributed by atoms with Crippen molar-refractivity contribution in [3.8, 4) is 16.9 Å². The summed E-state index contributed by atoms with van der Waals surface area (Å²) >= 11 is 0. The van der Waals surface area contributed by atoms with Gasteiger partial charge in [-0.1, -0.05) is 31.4 Å². The van der Waals surface area contributed by atoms with Crippen LogP contribution in [0.2, 0.25) is 0 Å². The first-order valence-electron chi connectivity index (χ1n) is 11.9. The van der Waals surface area contributed by atoms with E-state index in [-0.39, 0.29) is 5.41 Å². The van der Waals surface area contributed by atoms with Crippen LogP contribution < -0.4 is 4.74 Å². The van der Waals surface area contributed by atoms with E-state index in [4.69, 9.17) is 14.5 Å². The monoisotopic (exact) mass is 432 g/mol. The van der Waals surface area contributed by atoms with Gasteiger partial charge in [0.15, 0.2) is 0 Å². The van der Waals surface area contributed by atoms with Crippen LogP contribution in [0.3, 0.4) is 0 Å². The molecule has 5 rings (SSSR count). The summed E-state index contributed by atoms with van der Waals surface area (Å²) in [4.78, 5) is 5.44. The SMILES string of the molecule is COCC1(c2nc3c(c(-c4cccc(OC)c4)c2C2=NN=NC2)CCCCC3)CCCC1. The average molecular weight is 433 g/mol. The van der Waals surface area contributed by atoms with Crippen molar-refractivity contribution in [3.63, 3.8) is 0 Å². The summed E-state index contributed by atoms with van der Waals surface area (Å²) in [5.41, 5.74) is 8.21. The van der Waals surface area contributed by atoms with E-state index in [0.29, 0.717) is 13.2 Å². The highest BCUT2D eigenvalue weighted by Crippen LogP contribution is 2.46. The van der Waals surface area contributed by atoms with E-state index >= 15 is 0 Å². The summed E-state index contributed by atoms with van der Waals surface area (Å²) in [7, 11) is 3.54. The maximum Gasteiger partial charge on any atom is 0.119 e. The van der Waals surface area contributed by atoms with Crippen molar-refractivity contribution in [1.29, 1.82) is 0 Å². The number of benzene rings is 1. The van der Waals surface area contributed by atoms with Crippen molar-refractivity contribution < 1.29 is 9.47 Å². The maximum absolute atomic E-state index is 5.81. The molecule has 0 saturated heterocycles. The Hall–Kier alpha value is -2.60. The molecule has 0 amide bonds. The Balaban J connectivity index is 1.83. The highest BCUT2D eigenvalue weighted by atomic mass is 16.5. The summed E-state index contributed by atoms with van der Waals surface area (Å²) in [6.45, 7) is 1.19. The highest BCUT2D eigenvalue weighted by Gasteiger charge is 2.42. The Bertz CT molecular complexity index is 1050. The molecule has 1 fully saturated rings. The zero-order chi connectivity index (χ0) is 22.0. The van der Waals surface area contributed by atoms with Gasteiger partial charge in [0.2, 0.25) is 0 Å². The Kier molecular flexibility index (Phi) is 6.05. The number of ether oxygens (including phenoxy) is 2. The number of methoxy groups -OCH3 is 2. The van der Waals surface area contributed by atoms with Gasteiger partial charge < -0.3 is 9.47 Å². The third-order valence-electron chi connectivity index (χ3n) is 7.30. The number of aromatic nitrogens is 1. The van der Waals surface area contributed by atoms with Gasteiger partial charge in [-0.3, -0.25) is 4.98 Å². The Morgan fingerprint density at radius 2 is 1.81 bits per heavy atom. The summed E-state index contributed by atoms with van der Waals surface area (Å²) in [5.74, 6) is 0.865. The van der Waals surface area contributed by atoms with Crippen molar-refractivity contribution in [2.75, 3.05) is 27.4 Å². The molecule has 32 heavy (non-hydrogen) atoms. The smallest absolute Gasteiger partial charge is 0.119 e. The quantitative estimate of drug-likeness (QED) is 0.554. The lowest BCUT2D eigenvalue weighted by Gasteiger charge is -2.32. The van der Waals surface area contributed by atoms with Gasteiger partial charge in [0, 0.05) is 23.8 Å². The molecule has 1 saturated carbocycles. The fraction of sp³-hybridized carbons (Fsp3) is 0.538. The number of rotatable bonds is 6. The van der Waals surface area contributed by atoms with Gasteiger partial charge in [-0.05, 0) is 72.6 Å². The molecule has 1 aromatic heterocycles. The van der Waals surface area contributed by atoms with E-state index in [0.717, 1.165) is 48.4 Å². The largest absolute Gasteiger partial charge is 0.497 e. The van der Waals surface area contributed by atoms with Crippen LogP contribution in [0.25, 0.3) is 11.1 Å². The molecule has 3 aliphatic rings. The molecule has 6 heteroatoms. The lowest BCUT2D eigenvalue weighted by Crippen LogP contribution is -2.33. The normalized spacial score (nSPS) is 19.5. The Morgan fingerprint density at radius 3 is 2.56 bits per heavy atom. The average Bonchev–Trinajstić information content (AvgIpc) is 3.47. The second-order valence-corrected chi connectivity index (χ2v) is 9.28. The molecule has 2 aromatic rings. The van der Waals surface area contributed by atoms with E-state index < -0.39 is 0 Å². The first-order valence-corrected chi connectivity index (χ1v) is 11.9. The minimum Gasteiger partial charge on any atom is -0.497 e. The lowest BCUT2D eigenvalue weighted by atomic mass is 9.76. The van der Waals surface area contributed by atoms with Gasteiger partial charge >= 0.3 is 0 Å². The number of fused-ring (bicyclic) bond motifs is 1. The Labute approximate surface area is 190 Å². The van der Waals surface area contributed by atoms with Gasteiger partial charge in [0.25, 0.3) is 0 Å². The molecule has 0 N–H and O–H groups in total. The molecule has 2 heterocycles. The molecule has 0 atom stereocenters. The molecule has 168 valence electrons. The number of pyridine rings is 1. The summed E-state index contributed by atoms with van der Waals surface area (Å²) in [5, 5.41) is 12.7. The number of aryl methyl sites for hydroxylation is 1. The molecule has 6 nitrogen and oxygen atoms in total. The second kappa shape index (κ2) is 9.10. The van der Waals surface area contributed by atoms with Crippen molar-refractivity contribution in [3.05, 3.63) is 46.8 Å². The third kappa shape index (κ3) is 3.75. The van der Waals surface area contributed by atoms with Gasteiger partial charge in [-0.2, -0.15) is 5.11 Å². The van der Waals surface area contributed by atoms with Crippen LogP contribution in [-0.4, -0.2) is 38.1 Å². The highest BCUT2D eigenvalue weighted by molar-refractivity contribution is 6.09. The molecule has 2 aliphatic carbocycles. The zero-order valence-electron chi connectivity index (χ0n) is 19.2. The van der Waals surface area contributed by atoms with Gasteiger partial charge in [0.1, 0.15) is 12.3 Å². The van der Waals surface area contributed by atoms with E-state index in [9.17, 15) is 0 Å². The Morgan fingerprint density at radius 1 is 0.969 bits per heavy atom. The van der Waals surface area contributed by atoms with Gasteiger partial charge in [-0.15, -0.1) is 5.10 Å². The minimum absolute atomic E-state index is 0.0792. The fourth-order valence-corrected chi connectivity index (χ4v) is 5.80. The molecule has 0 unspecified atom stereocenters. The molecule has 1 aromatic carbocycles. The number of hydrogen-bond acceptors (Lipinski definition) is 6. The predicted molar refractivity (Wildman–Crippen MR) is 126 cm³/mol. The van der Waals surface area contributed by atoms with E-state index in [1.807, 2.05) is 13.2 Å². The van der Waals surface area contributed by atoms with Crippen LogP contribution in [-0.2, 0) is 23.0 Å². The van der Waals surface area contributed by atoms with Crippen LogP contribution in [0.15, 0.2) is 39.7 Å².